The third-order valence-corrected chi connectivity index (χ3v) is 4.18. The number of rotatable bonds is 4. The molecule has 138 valence electrons. The first-order valence-corrected chi connectivity index (χ1v) is 8.62. The van der Waals surface area contributed by atoms with Crippen LogP contribution in [0.1, 0.15) is 17.3 Å². The van der Waals surface area contributed by atoms with Gasteiger partial charge in [0.15, 0.2) is 6.10 Å². The largest absolute Gasteiger partial charge is 0.449 e. The van der Waals surface area contributed by atoms with Gasteiger partial charge in [0.1, 0.15) is 11.0 Å². The van der Waals surface area contributed by atoms with Crippen molar-refractivity contribution in [1.29, 1.82) is 0 Å². The molecule has 0 aliphatic carbocycles. The Morgan fingerprint density at radius 1 is 1.11 bits per heavy atom. The van der Waals surface area contributed by atoms with E-state index in [1.165, 1.54) is 25.1 Å². The zero-order valence-electron chi connectivity index (χ0n) is 14.0. The highest BCUT2D eigenvalue weighted by molar-refractivity contribution is 6.30. The highest BCUT2D eigenvalue weighted by atomic mass is 35.5. The zero-order chi connectivity index (χ0) is 19.6. The van der Waals surface area contributed by atoms with Gasteiger partial charge in [0, 0.05) is 10.4 Å². The average Bonchev–Trinajstić information content (AvgIpc) is 2.63. The van der Waals surface area contributed by atoms with Gasteiger partial charge in [-0.05, 0) is 55.5 Å². The standard InChI is InChI=1S/C19H13Cl2FN2O3/c1-10(18(25)24-16-6-4-13(20)9-14(16)22)27-19(26)12-2-5-15-11(8-12)3-7-17(21)23-15/h2-10H,1H3,(H,24,25). The Kier molecular flexibility index (Phi) is 5.58. The minimum absolute atomic E-state index is 0.0547. The Morgan fingerprint density at radius 3 is 2.63 bits per heavy atom. The molecule has 1 aromatic heterocycles. The molecule has 8 heteroatoms. The second-order valence-electron chi connectivity index (χ2n) is 5.70. The monoisotopic (exact) mass is 406 g/mol. The van der Waals surface area contributed by atoms with Crippen molar-refractivity contribution in [1.82, 2.24) is 4.98 Å². The molecule has 0 aliphatic rings. The van der Waals surface area contributed by atoms with Gasteiger partial charge in [0.2, 0.25) is 0 Å². The van der Waals surface area contributed by atoms with E-state index in [1.54, 1.807) is 24.3 Å². The van der Waals surface area contributed by atoms with Crippen LogP contribution in [0.15, 0.2) is 48.5 Å². The molecule has 0 bridgehead atoms. The van der Waals surface area contributed by atoms with Crippen LogP contribution >= 0.6 is 23.2 Å². The normalized spacial score (nSPS) is 11.9. The summed E-state index contributed by atoms with van der Waals surface area (Å²) in [4.78, 5) is 28.6. The molecule has 1 heterocycles. The van der Waals surface area contributed by atoms with E-state index in [-0.39, 0.29) is 16.3 Å². The molecule has 0 aliphatic heterocycles. The number of hydrogen-bond donors (Lipinski definition) is 1. The maximum atomic E-state index is 13.8. The number of ether oxygens (including phenoxy) is 1. The number of nitrogens with one attached hydrogen (secondary N) is 1. The summed E-state index contributed by atoms with van der Waals surface area (Å²) in [6.45, 7) is 1.39. The lowest BCUT2D eigenvalue weighted by Gasteiger charge is -2.14. The summed E-state index contributed by atoms with van der Waals surface area (Å²) in [5.41, 5.74) is 0.827. The lowest BCUT2D eigenvalue weighted by Crippen LogP contribution is -2.30. The molecule has 5 nitrogen and oxygen atoms in total. The van der Waals surface area contributed by atoms with E-state index < -0.39 is 23.8 Å². The molecule has 1 unspecified atom stereocenters. The van der Waals surface area contributed by atoms with Crippen LogP contribution in [0, 0.1) is 5.82 Å². The third kappa shape index (κ3) is 4.53. The van der Waals surface area contributed by atoms with Gasteiger partial charge >= 0.3 is 5.97 Å². The van der Waals surface area contributed by atoms with E-state index in [4.69, 9.17) is 27.9 Å². The summed E-state index contributed by atoms with van der Waals surface area (Å²) < 4.78 is 18.9. The molecule has 1 amide bonds. The van der Waals surface area contributed by atoms with Crippen LogP contribution in [0.3, 0.4) is 0 Å². The fraction of sp³-hybridized carbons (Fsp3) is 0.105. The molecule has 27 heavy (non-hydrogen) atoms. The van der Waals surface area contributed by atoms with Crippen molar-refractivity contribution < 1.29 is 18.7 Å². The van der Waals surface area contributed by atoms with Crippen molar-refractivity contribution >= 4 is 51.7 Å². The average molecular weight is 407 g/mol. The Balaban J connectivity index is 1.69. The Bertz CT molecular complexity index is 1040. The van der Waals surface area contributed by atoms with Crippen LogP contribution in [0.25, 0.3) is 10.9 Å². The van der Waals surface area contributed by atoms with E-state index in [9.17, 15) is 14.0 Å². The van der Waals surface area contributed by atoms with E-state index >= 15 is 0 Å². The maximum absolute atomic E-state index is 13.8. The fourth-order valence-corrected chi connectivity index (χ4v) is 2.65. The first-order chi connectivity index (χ1) is 12.8. The van der Waals surface area contributed by atoms with Crippen molar-refractivity contribution in [2.24, 2.45) is 0 Å². The summed E-state index contributed by atoms with van der Waals surface area (Å²) in [5, 5.41) is 3.61. The Labute approximate surface area is 164 Å². The van der Waals surface area contributed by atoms with Gasteiger partial charge in [-0.3, -0.25) is 4.79 Å². The Morgan fingerprint density at radius 2 is 1.89 bits per heavy atom. The van der Waals surface area contributed by atoms with E-state index in [2.05, 4.69) is 10.3 Å². The van der Waals surface area contributed by atoms with Crippen molar-refractivity contribution in [2.45, 2.75) is 13.0 Å². The number of aromatic nitrogens is 1. The number of benzene rings is 2. The summed E-state index contributed by atoms with van der Waals surface area (Å²) in [6, 6.07) is 11.9. The highest BCUT2D eigenvalue weighted by Crippen LogP contribution is 2.20. The summed E-state index contributed by atoms with van der Waals surface area (Å²) in [7, 11) is 0. The molecule has 0 fully saturated rings. The van der Waals surface area contributed by atoms with Crippen molar-refractivity contribution in [3.05, 3.63) is 70.1 Å². The predicted molar refractivity (Wildman–Crippen MR) is 102 cm³/mol. The number of esters is 1. The van der Waals surface area contributed by atoms with Crippen LogP contribution < -0.4 is 5.32 Å². The van der Waals surface area contributed by atoms with Crippen LogP contribution in [-0.4, -0.2) is 23.0 Å². The number of halogens is 3. The van der Waals surface area contributed by atoms with Crippen molar-refractivity contribution in [2.75, 3.05) is 5.32 Å². The number of hydrogen-bond acceptors (Lipinski definition) is 4. The number of fused-ring (bicyclic) bond motifs is 1. The fourth-order valence-electron chi connectivity index (χ4n) is 2.34. The second kappa shape index (κ2) is 7.90. The summed E-state index contributed by atoms with van der Waals surface area (Å²) >= 11 is 11.5. The Hall–Kier alpha value is -2.70. The van der Waals surface area contributed by atoms with E-state index in [0.717, 1.165) is 6.07 Å². The molecule has 1 atom stereocenters. The van der Waals surface area contributed by atoms with Crippen LogP contribution in [0.4, 0.5) is 10.1 Å². The van der Waals surface area contributed by atoms with Gasteiger partial charge in [-0.25, -0.2) is 14.2 Å². The van der Waals surface area contributed by atoms with Crippen LogP contribution in [0.5, 0.6) is 0 Å². The molecular weight excluding hydrogens is 394 g/mol. The molecule has 2 aromatic carbocycles. The smallest absolute Gasteiger partial charge is 0.338 e. The third-order valence-electron chi connectivity index (χ3n) is 3.73. The molecule has 3 rings (SSSR count). The number of carbonyl (C=O) groups is 2. The minimum Gasteiger partial charge on any atom is -0.449 e. The molecule has 0 saturated carbocycles. The summed E-state index contributed by atoms with van der Waals surface area (Å²) in [5.74, 6) is -2.04. The molecule has 0 saturated heterocycles. The summed E-state index contributed by atoms with van der Waals surface area (Å²) in [6.07, 6.45) is -1.13. The van der Waals surface area contributed by atoms with E-state index in [1.807, 2.05) is 0 Å². The van der Waals surface area contributed by atoms with Crippen LogP contribution in [-0.2, 0) is 9.53 Å². The second-order valence-corrected chi connectivity index (χ2v) is 6.53. The maximum Gasteiger partial charge on any atom is 0.338 e. The lowest BCUT2D eigenvalue weighted by atomic mass is 10.1. The number of nitrogens with zero attached hydrogens (tertiary/aromatic N) is 1. The van der Waals surface area contributed by atoms with Gasteiger partial charge in [-0.2, -0.15) is 0 Å². The first-order valence-electron chi connectivity index (χ1n) is 7.87. The molecule has 0 spiro atoms. The zero-order valence-corrected chi connectivity index (χ0v) is 15.5. The van der Waals surface area contributed by atoms with Gasteiger partial charge in [-0.15, -0.1) is 0 Å². The van der Waals surface area contributed by atoms with Gasteiger partial charge < -0.3 is 10.1 Å². The SMILES string of the molecule is CC(OC(=O)c1ccc2nc(Cl)ccc2c1)C(=O)Nc1ccc(Cl)cc1F. The van der Waals surface area contributed by atoms with E-state index in [0.29, 0.717) is 16.1 Å². The molecule has 1 N–H and O–H groups in total. The van der Waals surface area contributed by atoms with Gasteiger partial charge in [0.05, 0.1) is 16.8 Å². The van der Waals surface area contributed by atoms with Gasteiger partial charge in [-0.1, -0.05) is 23.2 Å². The van der Waals surface area contributed by atoms with Crippen molar-refractivity contribution in [3.63, 3.8) is 0 Å². The lowest BCUT2D eigenvalue weighted by molar-refractivity contribution is -0.123. The number of carbonyl (C=O) groups excluding carboxylic acids is 2. The van der Waals surface area contributed by atoms with Crippen LogP contribution in [0.2, 0.25) is 10.2 Å². The number of pyridine rings is 1. The first kappa shape index (κ1) is 19.1. The topological polar surface area (TPSA) is 68.3 Å². The quantitative estimate of drug-likeness (QED) is 0.495. The highest BCUT2D eigenvalue weighted by Gasteiger charge is 2.20. The number of amides is 1. The molecule has 3 aromatic rings. The predicted octanol–water partition coefficient (Wildman–Crippen LogP) is 4.86. The molecular formula is C19H13Cl2FN2O3. The van der Waals surface area contributed by atoms with Gasteiger partial charge in [0.25, 0.3) is 5.91 Å². The van der Waals surface area contributed by atoms with Crippen molar-refractivity contribution in [3.8, 4) is 0 Å². The minimum atomic E-state index is -1.13. The number of anilines is 1. The molecule has 0 radical (unpaired) electrons.